The summed E-state index contributed by atoms with van der Waals surface area (Å²) < 4.78 is 2.95. The van der Waals surface area contributed by atoms with Crippen molar-refractivity contribution in [3.8, 4) is 0 Å². The van der Waals surface area contributed by atoms with Crippen molar-refractivity contribution in [3.63, 3.8) is 0 Å². The van der Waals surface area contributed by atoms with E-state index in [1.165, 1.54) is 5.56 Å². The third kappa shape index (κ3) is 2.44. The van der Waals surface area contributed by atoms with E-state index >= 15 is 0 Å². The number of nitrogens with zero attached hydrogens (tertiary/aromatic N) is 2. The van der Waals surface area contributed by atoms with Crippen LogP contribution < -0.4 is 5.32 Å². The number of hydrogen-bond donors (Lipinski definition) is 1. The van der Waals surface area contributed by atoms with E-state index in [4.69, 9.17) is 0 Å². The maximum absolute atomic E-state index is 4.29. The van der Waals surface area contributed by atoms with Gasteiger partial charge in [-0.05, 0) is 18.6 Å². The molecule has 1 heterocycles. The molecule has 0 aliphatic heterocycles. The zero-order chi connectivity index (χ0) is 11.5. The van der Waals surface area contributed by atoms with Crippen LogP contribution in [0.3, 0.4) is 0 Å². The largest absolute Gasteiger partial charge is 0.378 e. The predicted octanol–water partition coefficient (Wildman–Crippen LogP) is 3.10. The molecule has 0 fully saturated rings. The van der Waals surface area contributed by atoms with Gasteiger partial charge in [0.25, 0.3) is 0 Å². The van der Waals surface area contributed by atoms with Crippen LogP contribution in [0.4, 0.5) is 5.69 Å². The van der Waals surface area contributed by atoms with Crippen molar-refractivity contribution >= 4 is 21.6 Å². The number of aryl methyl sites for hydroxylation is 2. The fourth-order valence-corrected chi connectivity index (χ4v) is 2.03. The van der Waals surface area contributed by atoms with E-state index in [1.807, 2.05) is 43.0 Å². The second-order valence-electron chi connectivity index (χ2n) is 3.75. The molecule has 2 aromatic rings. The van der Waals surface area contributed by atoms with Crippen molar-refractivity contribution < 1.29 is 0 Å². The summed E-state index contributed by atoms with van der Waals surface area (Å²) in [6, 6.07) is 8.21. The summed E-state index contributed by atoms with van der Waals surface area (Å²) in [7, 11) is 1.93. The molecule has 84 valence electrons. The Morgan fingerprint density at radius 2 is 2.12 bits per heavy atom. The van der Waals surface area contributed by atoms with E-state index in [0.29, 0.717) is 0 Å². The quantitative estimate of drug-likeness (QED) is 0.936. The highest BCUT2D eigenvalue weighted by Crippen LogP contribution is 2.18. The van der Waals surface area contributed by atoms with Gasteiger partial charge in [-0.2, -0.15) is 5.10 Å². The van der Waals surface area contributed by atoms with Crippen LogP contribution in [0.25, 0.3) is 0 Å². The number of halogens is 1. The maximum atomic E-state index is 4.29. The lowest BCUT2D eigenvalue weighted by Gasteiger charge is -2.06. The molecule has 1 aromatic heterocycles. The highest BCUT2D eigenvalue weighted by atomic mass is 79.9. The second-order valence-corrected chi connectivity index (χ2v) is 4.60. The van der Waals surface area contributed by atoms with Gasteiger partial charge in [0.2, 0.25) is 0 Å². The predicted molar refractivity (Wildman–Crippen MR) is 69.4 cm³/mol. The molecule has 0 unspecified atom stereocenters. The molecule has 0 radical (unpaired) electrons. The van der Waals surface area contributed by atoms with Crippen molar-refractivity contribution in [1.82, 2.24) is 9.78 Å². The molecular formula is C12H14BrN3. The van der Waals surface area contributed by atoms with Crippen molar-refractivity contribution in [1.29, 1.82) is 0 Å². The topological polar surface area (TPSA) is 29.9 Å². The first-order chi connectivity index (χ1) is 7.66. The molecular weight excluding hydrogens is 266 g/mol. The summed E-state index contributed by atoms with van der Waals surface area (Å²) in [6.07, 6.45) is 1.99. The SMILES string of the molecule is Cc1nn(C)cc1NCc1ccccc1Br. The summed E-state index contributed by atoms with van der Waals surface area (Å²) in [6.45, 7) is 2.80. The molecule has 0 spiro atoms. The van der Waals surface area contributed by atoms with Gasteiger partial charge >= 0.3 is 0 Å². The van der Waals surface area contributed by atoms with Gasteiger partial charge < -0.3 is 5.32 Å². The lowest BCUT2D eigenvalue weighted by Crippen LogP contribution is -2.00. The van der Waals surface area contributed by atoms with Crippen LogP contribution in [0.1, 0.15) is 11.3 Å². The Kier molecular flexibility index (Phi) is 3.29. The second kappa shape index (κ2) is 4.70. The van der Waals surface area contributed by atoms with Gasteiger partial charge in [0.05, 0.1) is 11.4 Å². The van der Waals surface area contributed by atoms with E-state index in [-0.39, 0.29) is 0 Å². The van der Waals surface area contributed by atoms with Crippen LogP contribution in [0.5, 0.6) is 0 Å². The first kappa shape index (κ1) is 11.2. The molecule has 1 aromatic carbocycles. The number of benzene rings is 1. The van der Waals surface area contributed by atoms with Gasteiger partial charge in [-0.15, -0.1) is 0 Å². The minimum absolute atomic E-state index is 0.800. The molecule has 0 saturated carbocycles. The molecule has 0 bridgehead atoms. The van der Waals surface area contributed by atoms with Crippen molar-refractivity contribution in [3.05, 3.63) is 46.2 Å². The van der Waals surface area contributed by atoms with Crippen LogP contribution in [-0.4, -0.2) is 9.78 Å². The van der Waals surface area contributed by atoms with Crippen molar-refractivity contribution in [2.24, 2.45) is 7.05 Å². The van der Waals surface area contributed by atoms with Gasteiger partial charge in [0, 0.05) is 24.3 Å². The summed E-state index contributed by atoms with van der Waals surface area (Å²) in [5.41, 5.74) is 3.35. The van der Waals surface area contributed by atoms with Crippen LogP contribution >= 0.6 is 15.9 Å². The number of aromatic nitrogens is 2. The van der Waals surface area contributed by atoms with Crippen LogP contribution in [-0.2, 0) is 13.6 Å². The fourth-order valence-electron chi connectivity index (χ4n) is 1.61. The average Bonchev–Trinajstić information content (AvgIpc) is 2.56. The van der Waals surface area contributed by atoms with Crippen molar-refractivity contribution in [2.45, 2.75) is 13.5 Å². The molecule has 0 saturated heterocycles. The van der Waals surface area contributed by atoms with E-state index < -0.39 is 0 Å². The summed E-state index contributed by atoms with van der Waals surface area (Å²) >= 11 is 3.53. The van der Waals surface area contributed by atoms with Gasteiger partial charge in [0.1, 0.15) is 0 Å². The third-order valence-electron chi connectivity index (χ3n) is 2.44. The standard InChI is InChI=1S/C12H14BrN3/c1-9-12(8-16(2)15-9)14-7-10-5-3-4-6-11(10)13/h3-6,8,14H,7H2,1-2H3. The summed E-state index contributed by atoms with van der Waals surface area (Å²) in [4.78, 5) is 0. The molecule has 0 aliphatic rings. The first-order valence-corrected chi connectivity index (χ1v) is 5.93. The highest BCUT2D eigenvalue weighted by molar-refractivity contribution is 9.10. The summed E-state index contributed by atoms with van der Waals surface area (Å²) in [5.74, 6) is 0. The number of anilines is 1. The van der Waals surface area contributed by atoms with Crippen LogP contribution in [0.2, 0.25) is 0 Å². The van der Waals surface area contributed by atoms with Crippen LogP contribution in [0, 0.1) is 6.92 Å². The Balaban J connectivity index is 2.08. The zero-order valence-electron chi connectivity index (χ0n) is 9.37. The number of nitrogens with one attached hydrogen (secondary N) is 1. The lowest BCUT2D eigenvalue weighted by molar-refractivity contribution is 0.756. The van der Waals surface area contributed by atoms with Gasteiger partial charge in [-0.25, -0.2) is 0 Å². The monoisotopic (exact) mass is 279 g/mol. The molecule has 16 heavy (non-hydrogen) atoms. The molecule has 0 amide bonds. The number of rotatable bonds is 3. The first-order valence-electron chi connectivity index (χ1n) is 5.14. The highest BCUT2D eigenvalue weighted by Gasteiger charge is 2.03. The maximum Gasteiger partial charge on any atom is 0.0825 e. The number of hydrogen-bond acceptors (Lipinski definition) is 2. The molecule has 0 atom stereocenters. The smallest absolute Gasteiger partial charge is 0.0825 e. The third-order valence-corrected chi connectivity index (χ3v) is 3.21. The molecule has 4 heteroatoms. The Labute approximate surface area is 104 Å². The lowest BCUT2D eigenvalue weighted by atomic mass is 10.2. The minimum atomic E-state index is 0.800. The van der Waals surface area contributed by atoms with E-state index in [9.17, 15) is 0 Å². The van der Waals surface area contributed by atoms with Gasteiger partial charge in [-0.3, -0.25) is 4.68 Å². The average molecular weight is 280 g/mol. The molecule has 2 rings (SSSR count). The minimum Gasteiger partial charge on any atom is -0.378 e. The summed E-state index contributed by atoms with van der Waals surface area (Å²) in [5, 5.41) is 7.67. The Morgan fingerprint density at radius 3 is 2.75 bits per heavy atom. The Bertz CT molecular complexity index is 491. The fraction of sp³-hybridized carbons (Fsp3) is 0.250. The van der Waals surface area contributed by atoms with Gasteiger partial charge in [0.15, 0.2) is 0 Å². The Hall–Kier alpha value is -1.29. The van der Waals surface area contributed by atoms with E-state index in [1.54, 1.807) is 0 Å². The van der Waals surface area contributed by atoms with E-state index in [0.717, 1.165) is 22.4 Å². The van der Waals surface area contributed by atoms with Gasteiger partial charge in [-0.1, -0.05) is 34.1 Å². The Morgan fingerprint density at radius 1 is 1.38 bits per heavy atom. The molecule has 3 nitrogen and oxygen atoms in total. The molecule has 1 N–H and O–H groups in total. The normalized spacial score (nSPS) is 10.4. The zero-order valence-corrected chi connectivity index (χ0v) is 11.0. The molecule has 0 aliphatic carbocycles. The van der Waals surface area contributed by atoms with Crippen molar-refractivity contribution in [2.75, 3.05) is 5.32 Å². The van der Waals surface area contributed by atoms with Crippen LogP contribution in [0.15, 0.2) is 34.9 Å². The van der Waals surface area contributed by atoms with E-state index in [2.05, 4.69) is 32.4 Å².